The van der Waals surface area contributed by atoms with Gasteiger partial charge in [0.15, 0.2) is 0 Å². The Labute approximate surface area is 222 Å². The van der Waals surface area contributed by atoms with Crippen LogP contribution in [0, 0.1) is 0 Å². The summed E-state index contributed by atoms with van der Waals surface area (Å²) in [7, 11) is 0. The van der Waals surface area contributed by atoms with Crippen LogP contribution in [0.4, 0.5) is 0 Å². The number of aromatic nitrogens is 1. The molecule has 9 N–H and O–H groups in total. The molecule has 0 aliphatic heterocycles. The fourth-order valence-electron chi connectivity index (χ4n) is 3.65. The van der Waals surface area contributed by atoms with Gasteiger partial charge in [0.1, 0.15) is 18.1 Å². The van der Waals surface area contributed by atoms with E-state index >= 15 is 0 Å². The maximum absolute atomic E-state index is 13.4. The van der Waals surface area contributed by atoms with Crippen LogP contribution in [0.1, 0.15) is 24.8 Å². The molecule has 38 heavy (non-hydrogen) atoms. The molecule has 2 rings (SSSR count). The lowest BCUT2D eigenvalue weighted by atomic mass is 10.0. The first-order valence-corrected chi connectivity index (χ1v) is 13.2. The van der Waals surface area contributed by atoms with Crippen molar-refractivity contribution in [3.63, 3.8) is 0 Å². The summed E-state index contributed by atoms with van der Waals surface area (Å²) in [5.41, 5.74) is 7.35. The minimum absolute atomic E-state index is 0.0263. The second kappa shape index (κ2) is 15.0. The quantitative estimate of drug-likeness (QED) is 0.129. The molecule has 0 aliphatic rings. The average Bonchev–Trinajstić information content (AvgIpc) is 3.29. The van der Waals surface area contributed by atoms with E-state index in [1.807, 2.05) is 24.3 Å². The van der Waals surface area contributed by atoms with E-state index in [1.54, 1.807) is 12.5 Å². The molecule has 0 fully saturated rings. The van der Waals surface area contributed by atoms with Crippen molar-refractivity contribution in [3.05, 3.63) is 36.0 Å². The summed E-state index contributed by atoms with van der Waals surface area (Å²) in [6.07, 6.45) is 3.20. The first kappa shape index (κ1) is 30.6. The van der Waals surface area contributed by atoms with Crippen molar-refractivity contribution < 1.29 is 39.3 Å². The smallest absolute Gasteiger partial charge is 0.328 e. The van der Waals surface area contributed by atoms with Crippen LogP contribution in [0.15, 0.2) is 30.5 Å². The van der Waals surface area contributed by atoms with Gasteiger partial charge in [-0.2, -0.15) is 11.8 Å². The normalized spacial score (nSPS) is 14.2. The van der Waals surface area contributed by atoms with E-state index in [4.69, 9.17) is 15.9 Å². The molecule has 3 amide bonds. The van der Waals surface area contributed by atoms with Gasteiger partial charge in [-0.15, -0.1) is 0 Å². The Kier molecular flexibility index (Phi) is 12.0. The van der Waals surface area contributed by atoms with Crippen LogP contribution in [0.5, 0.6) is 0 Å². The maximum atomic E-state index is 13.4. The zero-order chi connectivity index (χ0) is 28.2. The molecule has 0 radical (unpaired) electrons. The predicted octanol–water partition coefficient (Wildman–Crippen LogP) is -0.813. The largest absolute Gasteiger partial charge is 0.481 e. The van der Waals surface area contributed by atoms with Crippen molar-refractivity contribution in [3.8, 4) is 0 Å². The number of benzene rings is 1. The predicted molar refractivity (Wildman–Crippen MR) is 140 cm³/mol. The number of para-hydroxylation sites is 1. The first-order chi connectivity index (χ1) is 18.1. The highest BCUT2D eigenvalue weighted by atomic mass is 32.2. The molecule has 4 atom stereocenters. The van der Waals surface area contributed by atoms with E-state index in [0.29, 0.717) is 11.3 Å². The average molecular weight is 552 g/mol. The van der Waals surface area contributed by atoms with Gasteiger partial charge in [0.2, 0.25) is 17.7 Å². The van der Waals surface area contributed by atoms with E-state index in [0.717, 1.165) is 10.9 Å². The van der Waals surface area contributed by atoms with Crippen molar-refractivity contribution in [2.45, 2.75) is 49.9 Å². The summed E-state index contributed by atoms with van der Waals surface area (Å²) in [4.78, 5) is 64.0. The van der Waals surface area contributed by atoms with Gasteiger partial charge < -0.3 is 42.0 Å². The molecule has 0 spiro atoms. The standard InChI is InChI=1S/C24H33N5O8S/c1-38-9-8-17(22(34)29-19(12-30)24(36)37)27-23(35)18(28-21(33)15(25)6-7-20(31)32)10-13-11-26-16-5-3-2-4-14(13)16/h2-5,11,15,17-19,26,30H,6-10,12,25H2,1H3,(H,27,35)(H,28,33)(H,29,34)(H,31,32)(H,36,37). The van der Waals surface area contributed by atoms with Gasteiger partial charge in [-0.1, -0.05) is 18.2 Å². The number of carbonyl (C=O) groups excluding carboxylic acids is 3. The van der Waals surface area contributed by atoms with Crippen molar-refractivity contribution in [2.75, 3.05) is 18.6 Å². The summed E-state index contributed by atoms with van der Waals surface area (Å²) >= 11 is 1.41. The Hall–Kier alpha value is -3.62. The number of thioether (sulfide) groups is 1. The molecule has 0 aliphatic carbocycles. The molecular weight excluding hydrogens is 518 g/mol. The molecule has 4 unspecified atom stereocenters. The number of aliphatic hydroxyl groups is 1. The van der Waals surface area contributed by atoms with E-state index in [1.165, 1.54) is 11.8 Å². The van der Waals surface area contributed by atoms with E-state index in [9.17, 15) is 29.1 Å². The number of carboxylic acid groups (broad SMARTS) is 2. The van der Waals surface area contributed by atoms with Gasteiger partial charge in [-0.3, -0.25) is 19.2 Å². The number of amides is 3. The van der Waals surface area contributed by atoms with Gasteiger partial charge in [0, 0.05) is 29.9 Å². The Balaban J connectivity index is 2.27. The second-order valence-electron chi connectivity index (χ2n) is 8.59. The number of H-pyrrole nitrogens is 1. The topological polar surface area (TPSA) is 224 Å². The molecule has 0 saturated carbocycles. The van der Waals surface area contributed by atoms with E-state index in [2.05, 4.69) is 20.9 Å². The highest BCUT2D eigenvalue weighted by molar-refractivity contribution is 7.98. The van der Waals surface area contributed by atoms with Gasteiger partial charge >= 0.3 is 11.9 Å². The molecule has 2 aromatic rings. The van der Waals surface area contributed by atoms with Crippen LogP contribution in [-0.4, -0.2) is 92.7 Å². The SMILES string of the molecule is CSCCC(NC(=O)C(Cc1c[nH]c2ccccc12)NC(=O)C(N)CCC(=O)O)C(=O)NC(CO)C(=O)O. The van der Waals surface area contributed by atoms with Crippen LogP contribution < -0.4 is 21.7 Å². The Morgan fingerprint density at radius 3 is 2.21 bits per heavy atom. The number of rotatable bonds is 16. The third-order valence-corrected chi connectivity index (χ3v) is 6.42. The van der Waals surface area contributed by atoms with Crippen molar-refractivity contribution in [1.29, 1.82) is 0 Å². The molecule has 1 heterocycles. The van der Waals surface area contributed by atoms with E-state index < -0.39 is 60.4 Å². The number of carbonyl (C=O) groups is 5. The zero-order valence-corrected chi connectivity index (χ0v) is 21.6. The summed E-state index contributed by atoms with van der Waals surface area (Å²) in [5, 5.41) is 35.4. The fourth-order valence-corrected chi connectivity index (χ4v) is 4.12. The molecule has 1 aromatic heterocycles. The van der Waals surface area contributed by atoms with E-state index in [-0.39, 0.29) is 25.7 Å². The molecular formula is C24H33N5O8S. The molecule has 208 valence electrons. The highest BCUT2D eigenvalue weighted by Crippen LogP contribution is 2.19. The van der Waals surface area contributed by atoms with Gasteiger partial charge in [-0.25, -0.2) is 4.79 Å². The number of hydrogen-bond donors (Lipinski definition) is 8. The number of aliphatic carboxylic acids is 2. The van der Waals surface area contributed by atoms with Gasteiger partial charge in [0.05, 0.1) is 12.6 Å². The lowest BCUT2D eigenvalue weighted by molar-refractivity contribution is -0.143. The van der Waals surface area contributed by atoms with Crippen LogP contribution in [0.3, 0.4) is 0 Å². The molecule has 0 saturated heterocycles. The number of hydrogen-bond acceptors (Lipinski definition) is 8. The third-order valence-electron chi connectivity index (χ3n) is 5.78. The van der Waals surface area contributed by atoms with Crippen LogP contribution in [0.25, 0.3) is 10.9 Å². The first-order valence-electron chi connectivity index (χ1n) is 11.8. The Morgan fingerprint density at radius 2 is 1.58 bits per heavy atom. The molecule has 0 bridgehead atoms. The number of aromatic amines is 1. The number of nitrogens with one attached hydrogen (secondary N) is 4. The zero-order valence-electron chi connectivity index (χ0n) is 20.8. The lowest BCUT2D eigenvalue weighted by Gasteiger charge is -2.25. The molecule has 13 nitrogen and oxygen atoms in total. The summed E-state index contributed by atoms with van der Waals surface area (Å²) < 4.78 is 0. The van der Waals surface area contributed by atoms with Gasteiger partial charge in [-0.05, 0) is 36.5 Å². The Bertz CT molecular complexity index is 1140. The number of aliphatic hydroxyl groups excluding tert-OH is 1. The lowest BCUT2D eigenvalue weighted by Crippen LogP contribution is -2.58. The minimum Gasteiger partial charge on any atom is -0.481 e. The number of nitrogens with two attached hydrogens (primary N) is 1. The van der Waals surface area contributed by atoms with Crippen LogP contribution in [-0.2, 0) is 30.4 Å². The third kappa shape index (κ3) is 9.04. The highest BCUT2D eigenvalue weighted by Gasteiger charge is 2.30. The summed E-state index contributed by atoms with van der Waals surface area (Å²) in [6, 6.07) is 2.27. The number of carboxylic acids is 2. The Morgan fingerprint density at radius 1 is 0.947 bits per heavy atom. The molecule has 14 heteroatoms. The summed E-state index contributed by atoms with van der Waals surface area (Å²) in [5.74, 6) is -4.35. The minimum atomic E-state index is -1.55. The fraction of sp³-hybridized carbons (Fsp3) is 0.458. The monoisotopic (exact) mass is 551 g/mol. The van der Waals surface area contributed by atoms with Crippen LogP contribution >= 0.6 is 11.8 Å². The van der Waals surface area contributed by atoms with Crippen molar-refractivity contribution >= 4 is 52.3 Å². The van der Waals surface area contributed by atoms with Gasteiger partial charge in [0.25, 0.3) is 0 Å². The van der Waals surface area contributed by atoms with Crippen molar-refractivity contribution in [2.24, 2.45) is 5.73 Å². The maximum Gasteiger partial charge on any atom is 0.328 e. The van der Waals surface area contributed by atoms with Crippen LogP contribution in [0.2, 0.25) is 0 Å². The second-order valence-corrected chi connectivity index (χ2v) is 9.57. The number of fused-ring (bicyclic) bond motifs is 1. The summed E-state index contributed by atoms with van der Waals surface area (Å²) in [6.45, 7) is -0.836. The molecule has 1 aromatic carbocycles. The van der Waals surface area contributed by atoms with Crippen molar-refractivity contribution in [1.82, 2.24) is 20.9 Å².